The standard InChI is InChI=1S/C5H8N4O2/c1-11-4-2(6)3(10)8-5(7)9-4/h6H2,1H3,(H3,7,8,9,10). The Balaban J connectivity index is 3.24. The van der Waals surface area contributed by atoms with Crippen molar-refractivity contribution in [3.8, 4) is 11.8 Å². The number of nitrogens with two attached hydrogens (primary N) is 2. The number of nitrogen functional groups attached to an aromatic ring is 2. The molecule has 0 aromatic carbocycles. The number of rotatable bonds is 1. The smallest absolute Gasteiger partial charge is 0.245 e. The summed E-state index contributed by atoms with van der Waals surface area (Å²) >= 11 is 0. The van der Waals surface area contributed by atoms with Crippen LogP contribution in [-0.4, -0.2) is 22.2 Å². The van der Waals surface area contributed by atoms with Crippen molar-refractivity contribution in [2.24, 2.45) is 0 Å². The van der Waals surface area contributed by atoms with Gasteiger partial charge in [0.25, 0.3) is 0 Å². The maximum absolute atomic E-state index is 8.98. The summed E-state index contributed by atoms with van der Waals surface area (Å²) in [5.74, 6) is -0.363. The fourth-order valence-electron chi connectivity index (χ4n) is 0.609. The van der Waals surface area contributed by atoms with E-state index >= 15 is 0 Å². The second kappa shape index (κ2) is 2.49. The van der Waals surface area contributed by atoms with Gasteiger partial charge in [0.2, 0.25) is 17.7 Å². The van der Waals surface area contributed by atoms with Gasteiger partial charge in [-0.3, -0.25) is 0 Å². The second-order valence-electron chi connectivity index (χ2n) is 1.83. The van der Waals surface area contributed by atoms with E-state index in [1.165, 1.54) is 7.11 Å². The van der Waals surface area contributed by atoms with Crippen molar-refractivity contribution in [3.63, 3.8) is 0 Å². The Morgan fingerprint density at radius 3 is 2.55 bits per heavy atom. The molecule has 0 spiro atoms. The molecule has 0 radical (unpaired) electrons. The van der Waals surface area contributed by atoms with E-state index in [0.29, 0.717) is 0 Å². The summed E-state index contributed by atoms with van der Waals surface area (Å²) in [4.78, 5) is 7.01. The van der Waals surface area contributed by atoms with Crippen molar-refractivity contribution in [2.45, 2.75) is 0 Å². The van der Waals surface area contributed by atoms with Gasteiger partial charge in [-0.1, -0.05) is 0 Å². The summed E-state index contributed by atoms with van der Waals surface area (Å²) in [5, 5.41) is 8.98. The molecular formula is C5H8N4O2. The lowest BCUT2D eigenvalue weighted by atomic mass is 10.5. The van der Waals surface area contributed by atoms with E-state index in [2.05, 4.69) is 9.97 Å². The average Bonchev–Trinajstić information content (AvgIpc) is 1.96. The van der Waals surface area contributed by atoms with Crippen molar-refractivity contribution in [1.29, 1.82) is 0 Å². The van der Waals surface area contributed by atoms with Crippen molar-refractivity contribution in [1.82, 2.24) is 9.97 Å². The number of aromatic hydroxyl groups is 1. The van der Waals surface area contributed by atoms with Gasteiger partial charge >= 0.3 is 0 Å². The molecule has 1 aromatic heterocycles. The molecule has 0 aliphatic carbocycles. The lowest BCUT2D eigenvalue weighted by molar-refractivity contribution is 0.391. The highest BCUT2D eigenvalue weighted by atomic mass is 16.5. The Morgan fingerprint density at radius 2 is 2.00 bits per heavy atom. The first-order valence-corrected chi connectivity index (χ1v) is 2.81. The Bertz CT molecular complexity index is 275. The summed E-state index contributed by atoms with van der Waals surface area (Å²) in [6.45, 7) is 0. The third kappa shape index (κ3) is 1.23. The number of nitrogens with zero attached hydrogens (tertiary/aromatic N) is 2. The van der Waals surface area contributed by atoms with E-state index in [9.17, 15) is 0 Å². The molecule has 0 atom stereocenters. The molecule has 1 heterocycles. The van der Waals surface area contributed by atoms with Gasteiger partial charge in [0.05, 0.1) is 7.11 Å². The van der Waals surface area contributed by atoms with Gasteiger partial charge in [0, 0.05) is 0 Å². The maximum atomic E-state index is 8.98. The van der Waals surface area contributed by atoms with E-state index in [1.807, 2.05) is 0 Å². The molecule has 11 heavy (non-hydrogen) atoms. The van der Waals surface area contributed by atoms with Crippen molar-refractivity contribution >= 4 is 11.6 Å². The number of ether oxygens (including phenoxy) is 1. The monoisotopic (exact) mass is 156 g/mol. The minimum absolute atomic E-state index is 0.0123. The lowest BCUT2D eigenvalue weighted by Gasteiger charge is -2.03. The molecule has 0 saturated heterocycles. The first-order chi connectivity index (χ1) is 5.15. The molecule has 0 aliphatic heterocycles. The molecule has 60 valence electrons. The topological polar surface area (TPSA) is 107 Å². The Morgan fingerprint density at radius 1 is 1.36 bits per heavy atom. The summed E-state index contributed by atoms with van der Waals surface area (Å²) in [5.41, 5.74) is 10.5. The molecule has 1 rings (SSSR count). The van der Waals surface area contributed by atoms with Gasteiger partial charge in [0.1, 0.15) is 0 Å². The number of hydrogen-bond donors (Lipinski definition) is 3. The van der Waals surface area contributed by atoms with Crippen molar-refractivity contribution < 1.29 is 9.84 Å². The first-order valence-electron chi connectivity index (χ1n) is 2.81. The normalized spacial score (nSPS) is 9.55. The van der Waals surface area contributed by atoms with Crippen LogP contribution in [-0.2, 0) is 0 Å². The van der Waals surface area contributed by atoms with Gasteiger partial charge in [0.15, 0.2) is 5.69 Å². The molecule has 5 N–H and O–H groups in total. The highest BCUT2D eigenvalue weighted by Crippen LogP contribution is 2.26. The average molecular weight is 156 g/mol. The minimum atomic E-state index is -0.366. The van der Waals surface area contributed by atoms with Crippen molar-refractivity contribution in [2.75, 3.05) is 18.6 Å². The van der Waals surface area contributed by atoms with Crippen molar-refractivity contribution in [3.05, 3.63) is 0 Å². The summed E-state index contributed by atoms with van der Waals surface area (Å²) in [6.07, 6.45) is 0. The maximum Gasteiger partial charge on any atom is 0.245 e. The lowest BCUT2D eigenvalue weighted by Crippen LogP contribution is -2.01. The SMILES string of the molecule is COc1nc(N)nc(O)c1N. The summed E-state index contributed by atoms with van der Waals surface area (Å²) in [6, 6.07) is 0. The molecule has 0 bridgehead atoms. The van der Waals surface area contributed by atoms with Gasteiger partial charge in [-0.2, -0.15) is 9.97 Å². The van der Waals surface area contributed by atoms with Gasteiger partial charge in [-0.05, 0) is 0 Å². The van der Waals surface area contributed by atoms with Crippen LogP contribution in [0.3, 0.4) is 0 Å². The fourth-order valence-corrected chi connectivity index (χ4v) is 0.609. The molecule has 0 saturated carbocycles. The Hall–Kier alpha value is -1.72. The largest absolute Gasteiger partial charge is 0.492 e. The van der Waals surface area contributed by atoms with E-state index in [4.69, 9.17) is 21.3 Å². The molecule has 6 heteroatoms. The van der Waals surface area contributed by atoms with E-state index < -0.39 is 0 Å². The second-order valence-corrected chi connectivity index (χ2v) is 1.83. The zero-order valence-corrected chi connectivity index (χ0v) is 5.90. The number of aromatic nitrogens is 2. The van der Waals surface area contributed by atoms with Crippen LogP contribution in [0.25, 0.3) is 0 Å². The zero-order valence-electron chi connectivity index (χ0n) is 5.90. The fraction of sp³-hybridized carbons (Fsp3) is 0.200. The number of methoxy groups -OCH3 is 1. The van der Waals surface area contributed by atoms with Gasteiger partial charge in [-0.25, -0.2) is 0 Å². The van der Waals surface area contributed by atoms with Crippen LogP contribution in [0.1, 0.15) is 0 Å². The molecule has 1 aromatic rings. The molecule has 6 nitrogen and oxygen atoms in total. The quantitative estimate of drug-likeness (QED) is 0.499. The summed E-state index contributed by atoms with van der Waals surface area (Å²) in [7, 11) is 1.37. The third-order valence-corrected chi connectivity index (χ3v) is 1.10. The number of hydrogen-bond acceptors (Lipinski definition) is 6. The van der Waals surface area contributed by atoms with E-state index in [0.717, 1.165) is 0 Å². The van der Waals surface area contributed by atoms with Crippen LogP contribution in [0.4, 0.5) is 11.6 Å². The first kappa shape index (κ1) is 7.39. The van der Waals surface area contributed by atoms with Crippen LogP contribution in [0.15, 0.2) is 0 Å². The van der Waals surface area contributed by atoms with Gasteiger partial charge in [-0.15, -0.1) is 0 Å². The zero-order chi connectivity index (χ0) is 8.43. The Labute approximate surface area is 62.8 Å². The predicted octanol–water partition coefficient (Wildman–Crippen LogP) is -0.645. The Kier molecular flexibility index (Phi) is 1.67. The third-order valence-electron chi connectivity index (χ3n) is 1.10. The van der Waals surface area contributed by atoms with Crippen LogP contribution in [0.2, 0.25) is 0 Å². The van der Waals surface area contributed by atoms with Crippen LogP contribution >= 0.6 is 0 Å². The molecule has 0 aliphatic rings. The minimum Gasteiger partial charge on any atom is -0.492 e. The highest BCUT2D eigenvalue weighted by molar-refractivity contribution is 5.57. The molecule has 0 unspecified atom stereocenters. The van der Waals surface area contributed by atoms with Crippen LogP contribution in [0, 0.1) is 0 Å². The number of anilines is 2. The van der Waals surface area contributed by atoms with E-state index in [-0.39, 0.29) is 23.4 Å². The predicted molar refractivity (Wildman–Crippen MR) is 39.1 cm³/mol. The molecule has 0 amide bonds. The van der Waals surface area contributed by atoms with Crippen LogP contribution < -0.4 is 16.2 Å². The van der Waals surface area contributed by atoms with Gasteiger partial charge < -0.3 is 21.3 Å². The van der Waals surface area contributed by atoms with Crippen LogP contribution in [0.5, 0.6) is 11.8 Å². The molecule has 0 fully saturated rings. The molecular weight excluding hydrogens is 148 g/mol. The summed E-state index contributed by atoms with van der Waals surface area (Å²) < 4.78 is 4.69. The van der Waals surface area contributed by atoms with E-state index in [1.54, 1.807) is 0 Å². The highest BCUT2D eigenvalue weighted by Gasteiger charge is 2.08.